The number of pyridine rings is 1. The van der Waals surface area contributed by atoms with E-state index in [1.54, 1.807) is 55.0 Å². The Bertz CT molecular complexity index is 1290. The van der Waals surface area contributed by atoms with Crippen LogP contribution in [0.3, 0.4) is 0 Å². The number of carbonyl (C=O) groups excluding carboxylic acids is 1. The van der Waals surface area contributed by atoms with Gasteiger partial charge in [0.1, 0.15) is 11.4 Å². The summed E-state index contributed by atoms with van der Waals surface area (Å²) in [5, 5.41) is 13.3. The molecule has 9 nitrogen and oxygen atoms in total. The second-order valence-electron chi connectivity index (χ2n) is 6.81. The molecular weight excluding hydrogens is 402 g/mol. The number of aromatic nitrogens is 3. The number of hydrogen-bond acceptors (Lipinski definition) is 7. The molecule has 0 unspecified atom stereocenters. The number of carbonyl (C=O) groups is 2. The number of carboxylic acids is 1. The van der Waals surface area contributed by atoms with E-state index in [1.165, 1.54) is 13.2 Å². The predicted molar refractivity (Wildman–Crippen MR) is 110 cm³/mol. The summed E-state index contributed by atoms with van der Waals surface area (Å²) in [5.74, 6) is 0.0181. The van der Waals surface area contributed by atoms with Gasteiger partial charge in [0.25, 0.3) is 0 Å². The van der Waals surface area contributed by atoms with E-state index in [1.807, 2.05) is 0 Å². The van der Waals surface area contributed by atoms with Crippen molar-refractivity contribution in [2.24, 2.45) is 0 Å². The third kappa shape index (κ3) is 3.61. The van der Waals surface area contributed by atoms with Crippen LogP contribution in [0.4, 0.5) is 0 Å². The average molecular weight is 421 g/mol. The van der Waals surface area contributed by atoms with Crippen molar-refractivity contribution >= 4 is 22.8 Å². The molecule has 1 N–H and O–H groups in total. The quantitative estimate of drug-likeness (QED) is 0.452. The summed E-state index contributed by atoms with van der Waals surface area (Å²) < 4.78 is 17.4. The molecular formula is C22H19N3O6. The molecule has 0 aliphatic rings. The Kier molecular flexibility index (Phi) is 5.16. The van der Waals surface area contributed by atoms with Crippen molar-refractivity contribution in [2.75, 3.05) is 14.2 Å². The fraction of sp³-hybridized carbons (Fsp3) is 0.182. The number of hydrogen-bond donors (Lipinski definition) is 1. The van der Waals surface area contributed by atoms with Crippen molar-refractivity contribution in [1.29, 1.82) is 0 Å². The summed E-state index contributed by atoms with van der Waals surface area (Å²) in [5.41, 5.74) is 1.98. The number of fused-ring (bicyclic) bond motifs is 1. The molecule has 31 heavy (non-hydrogen) atoms. The molecule has 0 amide bonds. The second kappa shape index (κ2) is 7.94. The van der Waals surface area contributed by atoms with Gasteiger partial charge in [-0.1, -0.05) is 5.16 Å². The number of carboxylic acid groups (broad SMARTS) is 1. The number of ether oxygens (including phenoxy) is 2. The Morgan fingerprint density at radius 1 is 1.10 bits per heavy atom. The number of rotatable bonds is 7. The van der Waals surface area contributed by atoms with Crippen LogP contribution in [0.15, 0.2) is 47.0 Å². The lowest BCUT2D eigenvalue weighted by Crippen LogP contribution is -2.06. The summed E-state index contributed by atoms with van der Waals surface area (Å²) in [7, 11) is 3.07. The monoisotopic (exact) mass is 421 g/mol. The van der Waals surface area contributed by atoms with Crippen LogP contribution < -0.4 is 9.47 Å². The maximum Gasteiger partial charge on any atom is 0.358 e. The highest BCUT2D eigenvalue weighted by Gasteiger charge is 2.24. The molecule has 3 heterocycles. The Morgan fingerprint density at radius 2 is 1.84 bits per heavy atom. The second-order valence-corrected chi connectivity index (χ2v) is 6.81. The first kappa shape index (κ1) is 20.1. The van der Waals surface area contributed by atoms with Crippen LogP contribution in [0.25, 0.3) is 11.0 Å². The zero-order valence-electron chi connectivity index (χ0n) is 17.1. The van der Waals surface area contributed by atoms with E-state index in [4.69, 9.17) is 19.1 Å². The van der Waals surface area contributed by atoms with Crippen LogP contribution in [0.2, 0.25) is 0 Å². The van der Waals surface area contributed by atoms with Crippen LogP contribution in [0.1, 0.15) is 37.9 Å². The minimum absolute atomic E-state index is 0.151. The molecule has 158 valence electrons. The van der Waals surface area contributed by atoms with E-state index in [2.05, 4.69) is 10.1 Å². The Morgan fingerprint density at radius 3 is 2.45 bits per heavy atom. The van der Waals surface area contributed by atoms with Gasteiger partial charge < -0.3 is 23.7 Å². The molecule has 3 aromatic heterocycles. The van der Waals surface area contributed by atoms with Crippen LogP contribution in [-0.4, -0.2) is 45.8 Å². The third-order valence-corrected chi connectivity index (χ3v) is 5.02. The summed E-state index contributed by atoms with van der Waals surface area (Å²) in [6.45, 7) is 1.96. The molecule has 1 aromatic carbocycles. The number of aromatic carboxylic acids is 1. The molecule has 0 saturated carbocycles. The van der Waals surface area contributed by atoms with Gasteiger partial charge in [0.2, 0.25) is 5.88 Å². The molecule has 9 heteroatoms. The lowest BCUT2D eigenvalue weighted by atomic mass is 10.0. The summed E-state index contributed by atoms with van der Waals surface area (Å²) in [6.07, 6.45) is 0. The van der Waals surface area contributed by atoms with Crippen LogP contribution in [0.5, 0.6) is 11.6 Å². The maximum absolute atomic E-state index is 13.4. The first-order valence-electron chi connectivity index (χ1n) is 9.34. The largest absolute Gasteiger partial charge is 0.497 e. The molecule has 0 spiro atoms. The summed E-state index contributed by atoms with van der Waals surface area (Å²) in [4.78, 5) is 29.0. The van der Waals surface area contributed by atoms with E-state index in [-0.39, 0.29) is 18.0 Å². The first-order valence-corrected chi connectivity index (χ1v) is 9.34. The lowest BCUT2D eigenvalue weighted by Gasteiger charge is -2.06. The fourth-order valence-corrected chi connectivity index (χ4v) is 3.45. The Balaban J connectivity index is 1.84. The molecule has 0 atom stereocenters. The van der Waals surface area contributed by atoms with Crippen LogP contribution in [0, 0.1) is 6.92 Å². The normalized spacial score (nSPS) is 10.9. The first-order chi connectivity index (χ1) is 14.9. The highest BCUT2D eigenvalue weighted by molar-refractivity contribution is 6.17. The van der Waals surface area contributed by atoms with Crippen LogP contribution >= 0.6 is 0 Å². The smallest absolute Gasteiger partial charge is 0.358 e. The zero-order valence-corrected chi connectivity index (χ0v) is 17.1. The molecule has 0 bridgehead atoms. The predicted octanol–water partition coefficient (Wildman–Crippen LogP) is 3.33. The Hall–Kier alpha value is -4.14. The van der Waals surface area contributed by atoms with Crippen LogP contribution in [-0.2, 0) is 6.54 Å². The Labute approximate surface area is 176 Å². The van der Waals surface area contributed by atoms with Gasteiger partial charge in [-0.2, -0.15) is 4.98 Å². The van der Waals surface area contributed by atoms with Crippen molar-refractivity contribution < 1.29 is 28.7 Å². The zero-order chi connectivity index (χ0) is 22.1. The van der Waals surface area contributed by atoms with Gasteiger partial charge in [-0.05, 0) is 37.3 Å². The van der Waals surface area contributed by atoms with Gasteiger partial charge >= 0.3 is 5.97 Å². The van der Waals surface area contributed by atoms with E-state index in [0.717, 1.165) is 0 Å². The van der Waals surface area contributed by atoms with E-state index < -0.39 is 5.97 Å². The van der Waals surface area contributed by atoms with Crippen molar-refractivity contribution in [3.63, 3.8) is 0 Å². The SMILES string of the molecule is COc1ccc(C(=O)c2c(C)n(Cc3cc(C(=O)O)no3)c3nc(OC)ccc23)cc1. The van der Waals surface area contributed by atoms with Crippen molar-refractivity contribution in [2.45, 2.75) is 13.5 Å². The minimum atomic E-state index is -1.18. The van der Waals surface area contributed by atoms with Crippen molar-refractivity contribution in [3.8, 4) is 11.6 Å². The maximum atomic E-state index is 13.4. The van der Waals surface area contributed by atoms with Gasteiger partial charge in [0.15, 0.2) is 17.2 Å². The van der Waals surface area contributed by atoms with Gasteiger partial charge in [-0.3, -0.25) is 4.79 Å². The lowest BCUT2D eigenvalue weighted by molar-refractivity contribution is 0.0685. The molecule has 0 radical (unpaired) electrons. The molecule has 0 aliphatic heterocycles. The molecule has 4 aromatic rings. The van der Waals surface area contributed by atoms with Gasteiger partial charge in [-0.25, -0.2) is 4.79 Å². The number of nitrogens with zero attached hydrogens (tertiary/aromatic N) is 3. The van der Waals surface area contributed by atoms with Gasteiger partial charge in [0, 0.05) is 28.8 Å². The minimum Gasteiger partial charge on any atom is -0.497 e. The van der Waals surface area contributed by atoms with Crippen molar-refractivity contribution in [3.05, 3.63) is 70.7 Å². The van der Waals surface area contributed by atoms with Gasteiger partial charge in [-0.15, -0.1) is 0 Å². The highest BCUT2D eigenvalue weighted by atomic mass is 16.5. The van der Waals surface area contributed by atoms with Crippen molar-refractivity contribution in [1.82, 2.24) is 14.7 Å². The van der Waals surface area contributed by atoms with E-state index >= 15 is 0 Å². The third-order valence-electron chi connectivity index (χ3n) is 5.02. The molecule has 0 aliphatic carbocycles. The fourth-order valence-electron chi connectivity index (χ4n) is 3.45. The summed E-state index contributed by atoms with van der Waals surface area (Å²) >= 11 is 0. The number of methoxy groups -OCH3 is 2. The molecule has 0 saturated heterocycles. The topological polar surface area (TPSA) is 117 Å². The summed E-state index contributed by atoms with van der Waals surface area (Å²) in [6, 6.07) is 11.7. The average Bonchev–Trinajstić information content (AvgIpc) is 3.36. The van der Waals surface area contributed by atoms with E-state index in [9.17, 15) is 9.59 Å². The number of benzene rings is 1. The standard InChI is InChI=1S/C22H19N3O6/c1-12-19(20(26)13-4-6-14(29-2)7-5-13)16-8-9-18(30-3)23-21(16)25(12)11-15-10-17(22(27)28)24-31-15/h4-10H,11H2,1-3H3,(H,27,28). The van der Waals surface area contributed by atoms with E-state index in [0.29, 0.717) is 45.2 Å². The number of ketones is 1. The van der Waals surface area contributed by atoms with Gasteiger partial charge in [0.05, 0.1) is 26.3 Å². The highest BCUT2D eigenvalue weighted by Crippen LogP contribution is 2.30. The molecule has 4 rings (SSSR count). The molecule has 0 fully saturated rings.